The molecule has 0 amide bonds. The summed E-state index contributed by atoms with van der Waals surface area (Å²) in [7, 11) is 2.95. The summed E-state index contributed by atoms with van der Waals surface area (Å²) in [5.41, 5.74) is 2.54. The smallest absolute Gasteiger partial charge is 0.335 e. The topological polar surface area (TPSA) is 94.5 Å². The number of hydrogen-bond acceptors (Lipinski definition) is 6. The van der Waals surface area contributed by atoms with E-state index in [9.17, 15) is 15.0 Å². The maximum absolute atomic E-state index is 11.6. The summed E-state index contributed by atoms with van der Waals surface area (Å²) in [6.07, 6.45) is 8.42. The Hall–Kier alpha value is -4.13. The number of aliphatic hydroxyl groups is 1. The fraction of sp³-hybridized carbons (Fsp3) is 0.400. The quantitative estimate of drug-likeness (QED) is 0.103. The lowest BCUT2D eigenvalue weighted by atomic mass is 10.0. The number of allylic oxidation sites excluding steroid dienone is 1. The number of benzene rings is 3. The van der Waals surface area contributed by atoms with Gasteiger partial charge >= 0.3 is 5.97 Å². The normalized spacial score (nSPS) is 11.5. The first-order chi connectivity index (χ1) is 20.4. The van der Waals surface area contributed by atoms with Crippen molar-refractivity contribution in [2.24, 2.45) is 0 Å². The van der Waals surface area contributed by atoms with E-state index in [-0.39, 0.29) is 17.4 Å². The minimum absolute atomic E-state index is 0.0557. The molecule has 226 valence electrons. The summed E-state index contributed by atoms with van der Waals surface area (Å²) < 4.78 is 23.6. The van der Waals surface area contributed by atoms with Crippen molar-refractivity contribution in [3.05, 3.63) is 95.8 Å². The molecule has 1 unspecified atom stereocenters. The second-order valence-corrected chi connectivity index (χ2v) is 10.4. The molecule has 3 rings (SSSR count). The van der Waals surface area contributed by atoms with Gasteiger partial charge in [0.05, 0.1) is 38.3 Å². The Morgan fingerprint density at radius 1 is 0.786 bits per heavy atom. The molecule has 0 spiro atoms. The molecule has 2 N–H and O–H groups in total. The third-order valence-corrected chi connectivity index (χ3v) is 7.15. The Morgan fingerprint density at radius 3 is 2.14 bits per heavy atom. The van der Waals surface area contributed by atoms with Crippen LogP contribution in [0.15, 0.2) is 79.1 Å². The summed E-state index contributed by atoms with van der Waals surface area (Å²) in [6, 6.07) is 21.5. The average molecular weight is 577 g/mol. The Labute approximate surface area is 249 Å². The molecule has 0 aliphatic rings. The van der Waals surface area contributed by atoms with Crippen molar-refractivity contribution in [2.75, 3.05) is 20.8 Å². The van der Waals surface area contributed by atoms with Crippen LogP contribution in [0.25, 0.3) is 0 Å². The van der Waals surface area contributed by atoms with Gasteiger partial charge < -0.3 is 29.2 Å². The molecule has 0 radical (unpaired) electrons. The van der Waals surface area contributed by atoms with Gasteiger partial charge in [0.1, 0.15) is 5.75 Å². The van der Waals surface area contributed by atoms with E-state index in [4.69, 9.17) is 18.9 Å². The molecule has 0 fully saturated rings. The minimum atomic E-state index is -1.08. The van der Waals surface area contributed by atoms with Gasteiger partial charge in [-0.2, -0.15) is 0 Å². The number of carboxylic acid groups (broad SMARTS) is 1. The summed E-state index contributed by atoms with van der Waals surface area (Å²) in [5, 5.41) is 19.0. The van der Waals surface area contributed by atoms with E-state index in [2.05, 4.69) is 36.9 Å². The van der Waals surface area contributed by atoms with Crippen LogP contribution in [-0.2, 0) is 12.8 Å². The standard InChI is InChI=1S/C35H44O7/c1-26(36)14-9-11-19-30(42-34-32(39-2)24-29(35(37)38)25-33(34)40-3)22-21-28-18-10-12-20-31(28)41-23-13-5-8-17-27-15-6-4-7-16-27/h4,6-7,10,12,15-16,18,20,24-25,30,36H,1,5,8-9,11,13-14,17,19,21-23H2,2-3H3,(H,37,38). The van der Waals surface area contributed by atoms with E-state index in [0.717, 1.165) is 62.7 Å². The van der Waals surface area contributed by atoms with Crippen molar-refractivity contribution in [3.8, 4) is 23.0 Å². The van der Waals surface area contributed by atoms with Crippen LogP contribution in [0.3, 0.4) is 0 Å². The van der Waals surface area contributed by atoms with Crippen molar-refractivity contribution >= 4 is 5.97 Å². The zero-order valence-electron chi connectivity index (χ0n) is 24.8. The Balaban J connectivity index is 1.63. The summed E-state index contributed by atoms with van der Waals surface area (Å²) in [4.78, 5) is 11.6. The molecule has 0 aliphatic heterocycles. The first kappa shape index (κ1) is 32.4. The molecule has 0 aromatic heterocycles. The highest BCUT2D eigenvalue weighted by Crippen LogP contribution is 2.40. The van der Waals surface area contributed by atoms with Gasteiger partial charge in [0.2, 0.25) is 5.75 Å². The van der Waals surface area contributed by atoms with Gasteiger partial charge in [0.25, 0.3) is 0 Å². The van der Waals surface area contributed by atoms with Crippen LogP contribution in [0.2, 0.25) is 0 Å². The number of aryl methyl sites for hydroxylation is 2. The van der Waals surface area contributed by atoms with E-state index < -0.39 is 5.97 Å². The maximum atomic E-state index is 11.6. The summed E-state index contributed by atoms with van der Waals surface area (Å²) in [5.74, 6) is 0.962. The largest absolute Gasteiger partial charge is 0.513 e. The van der Waals surface area contributed by atoms with Gasteiger partial charge in [0, 0.05) is 6.42 Å². The SMILES string of the molecule is C=C(O)CCCCC(CCc1ccccc1OCCCCCc1ccccc1)Oc1c(OC)cc(C(=O)O)cc1OC. The number of ether oxygens (including phenoxy) is 4. The fourth-order valence-corrected chi connectivity index (χ4v) is 4.85. The Kier molecular flexibility index (Phi) is 13.6. The minimum Gasteiger partial charge on any atom is -0.513 e. The second kappa shape index (κ2) is 17.6. The van der Waals surface area contributed by atoms with Crippen LogP contribution < -0.4 is 18.9 Å². The number of carboxylic acids is 1. The van der Waals surface area contributed by atoms with Crippen molar-refractivity contribution in [2.45, 2.75) is 70.3 Å². The van der Waals surface area contributed by atoms with Crippen molar-refractivity contribution < 1.29 is 34.0 Å². The maximum Gasteiger partial charge on any atom is 0.335 e. The summed E-state index contributed by atoms with van der Waals surface area (Å²) in [6.45, 7) is 4.24. The highest BCUT2D eigenvalue weighted by Gasteiger charge is 2.21. The van der Waals surface area contributed by atoms with Gasteiger partial charge in [-0.1, -0.05) is 55.1 Å². The number of para-hydroxylation sites is 1. The number of aliphatic hydroxyl groups excluding tert-OH is 1. The van der Waals surface area contributed by atoms with Crippen LogP contribution in [0.4, 0.5) is 0 Å². The predicted molar refractivity (Wildman–Crippen MR) is 165 cm³/mol. The zero-order chi connectivity index (χ0) is 30.2. The van der Waals surface area contributed by atoms with Gasteiger partial charge in [-0.15, -0.1) is 0 Å². The van der Waals surface area contributed by atoms with Crippen LogP contribution in [0.1, 0.15) is 72.9 Å². The number of unbranched alkanes of at least 4 members (excludes halogenated alkanes) is 3. The van der Waals surface area contributed by atoms with Gasteiger partial charge in [0.15, 0.2) is 11.5 Å². The molecule has 7 nitrogen and oxygen atoms in total. The monoisotopic (exact) mass is 576 g/mol. The van der Waals surface area contributed by atoms with E-state index in [0.29, 0.717) is 36.7 Å². The van der Waals surface area contributed by atoms with Gasteiger partial charge in [-0.3, -0.25) is 0 Å². The third-order valence-electron chi connectivity index (χ3n) is 7.15. The van der Waals surface area contributed by atoms with E-state index in [1.54, 1.807) is 0 Å². The predicted octanol–water partition coefficient (Wildman–Crippen LogP) is 8.21. The van der Waals surface area contributed by atoms with Gasteiger partial charge in [-0.05, 0) is 87.1 Å². The first-order valence-corrected chi connectivity index (χ1v) is 14.7. The fourth-order valence-electron chi connectivity index (χ4n) is 4.85. The van der Waals surface area contributed by atoms with E-state index >= 15 is 0 Å². The van der Waals surface area contributed by atoms with Crippen LogP contribution in [-0.4, -0.2) is 43.1 Å². The number of carbonyl (C=O) groups is 1. The van der Waals surface area contributed by atoms with Crippen molar-refractivity contribution in [1.29, 1.82) is 0 Å². The molecule has 0 saturated carbocycles. The number of rotatable bonds is 20. The highest BCUT2D eigenvalue weighted by molar-refractivity contribution is 5.89. The first-order valence-electron chi connectivity index (χ1n) is 14.7. The molecule has 0 bridgehead atoms. The molecule has 0 heterocycles. The molecular formula is C35H44O7. The third kappa shape index (κ3) is 10.7. The second-order valence-electron chi connectivity index (χ2n) is 10.4. The molecule has 42 heavy (non-hydrogen) atoms. The molecule has 3 aromatic rings. The average Bonchev–Trinajstić information content (AvgIpc) is 3.00. The Morgan fingerprint density at radius 2 is 1.48 bits per heavy atom. The lowest BCUT2D eigenvalue weighted by Gasteiger charge is -2.23. The van der Waals surface area contributed by atoms with Crippen molar-refractivity contribution in [3.63, 3.8) is 0 Å². The number of methoxy groups -OCH3 is 2. The molecule has 3 aromatic carbocycles. The van der Waals surface area contributed by atoms with Gasteiger partial charge in [-0.25, -0.2) is 4.79 Å². The Bertz CT molecular complexity index is 1230. The molecule has 7 heteroatoms. The van der Waals surface area contributed by atoms with Crippen LogP contribution in [0, 0.1) is 0 Å². The lowest BCUT2D eigenvalue weighted by molar-refractivity contribution is 0.0695. The molecular weight excluding hydrogens is 532 g/mol. The zero-order valence-corrected chi connectivity index (χ0v) is 24.8. The van der Waals surface area contributed by atoms with Crippen LogP contribution in [0.5, 0.6) is 23.0 Å². The highest BCUT2D eigenvalue weighted by atomic mass is 16.5. The molecule has 1 atom stereocenters. The van der Waals surface area contributed by atoms with Crippen LogP contribution >= 0.6 is 0 Å². The number of aromatic carboxylic acids is 1. The summed E-state index contributed by atoms with van der Waals surface area (Å²) >= 11 is 0. The number of hydrogen-bond donors (Lipinski definition) is 2. The molecule has 0 saturated heterocycles. The lowest BCUT2D eigenvalue weighted by Crippen LogP contribution is -2.19. The van der Waals surface area contributed by atoms with E-state index in [1.165, 1.54) is 31.9 Å². The van der Waals surface area contributed by atoms with Crippen molar-refractivity contribution in [1.82, 2.24) is 0 Å². The molecule has 0 aliphatic carbocycles. The van der Waals surface area contributed by atoms with E-state index in [1.807, 2.05) is 24.3 Å².